The summed E-state index contributed by atoms with van der Waals surface area (Å²) in [5.41, 5.74) is 3.94. The molecule has 1 unspecified atom stereocenters. The first-order valence-corrected chi connectivity index (χ1v) is 11.1. The van der Waals surface area contributed by atoms with E-state index in [-0.39, 0.29) is 11.7 Å². The van der Waals surface area contributed by atoms with Crippen molar-refractivity contribution in [1.29, 1.82) is 0 Å². The van der Waals surface area contributed by atoms with Crippen LogP contribution in [0, 0.1) is 18.7 Å². The molecular formula is C26H26FN5O. The van der Waals surface area contributed by atoms with E-state index in [4.69, 9.17) is 14.8 Å². The third-order valence-corrected chi connectivity index (χ3v) is 6.04. The number of methoxy groups -OCH3 is 1. The van der Waals surface area contributed by atoms with Crippen LogP contribution in [0.3, 0.4) is 0 Å². The number of rotatable bonds is 5. The topological polar surface area (TPSA) is 57.8 Å². The molecule has 5 rings (SSSR count). The van der Waals surface area contributed by atoms with Gasteiger partial charge in [0.25, 0.3) is 0 Å². The average Bonchev–Trinajstić information content (AvgIpc) is 3.43. The Morgan fingerprint density at radius 2 is 1.94 bits per heavy atom. The van der Waals surface area contributed by atoms with Crippen molar-refractivity contribution in [2.24, 2.45) is 5.92 Å². The average molecular weight is 444 g/mol. The van der Waals surface area contributed by atoms with Crippen LogP contribution in [0.25, 0.3) is 17.8 Å². The van der Waals surface area contributed by atoms with E-state index in [0.29, 0.717) is 11.7 Å². The number of benzene rings is 2. The van der Waals surface area contributed by atoms with E-state index < -0.39 is 0 Å². The molecule has 2 aromatic carbocycles. The van der Waals surface area contributed by atoms with Crippen molar-refractivity contribution >= 4 is 12.2 Å². The van der Waals surface area contributed by atoms with E-state index in [0.717, 1.165) is 47.0 Å². The van der Waals surface area contributed by atoms with Gasteiger partial charge in [0.1, 0.15) is 17.4 Å². The summed E-state index contributed by atoms with van der Waals surface area (Å²) in [6, 6.07) is 12.8. The zero-order chi connectivity index (χ0) is 22.9. The molecule has 2 atom stereocenters. The van der Waals surface area contributed by atoms with Gasteiger partial charge in [0, 0.05) is 18.7 Å². The summed E-state index contributed by atoms with van der Waals surface area (Å²) in [6.07, 6.45) is 8.63. The van der Waals surface area contributed by atoms with Crippen LogP contribution in [0.4, 0.5) is 4.39 Å². The molecule has 4 aromatic rings. The first kappa shape index (κ1) is 21.1. The molecule has 0 radical (unpaired) electrons. The quantitative estimate of drug-likeness (QED) is 0.422. The van der Waals surface area contributed by atoms with Gasteiger partial charge in [-0.15, -0.1) is 0 Å². The van der Waals surface area contributed by atoms with Crippen LogP contribution in [-0.4, -0.2) is 31.4 Å². The normalized spacial score (nSPS) is 17.9. The second-order valence-electron chi connectivity index (χ2n) is 8.64. The lowest BCUT2D eigenvalue weighted by Gasteiger charge is -2.27. The minimum absolute atomic E-state index is 0.113. The number of hydrogen-bond acceptors (Lipinski definition) is 4. The summed E-state index contributed by atoms with van der Waals surface area (Å²) < 4.78 is 23.0. The number of halogens is 1. The van der Waals surface area contributed by atoms with Crippen LogP contribution < -0.4 is 4.74 Å². The third kappa shape index (κ3) is 4.31. The maximum atomic E-state index is 13.4. The van der Waals surface area contributed by atoms with Crippen LogP contribution in [0.15, 0.2) is 55.0 Å². The van der Waals surface area contributed by atoms with E-state index >= 15 is 0 Å². The highest BCUT2D eigenvalue weighted by Crippen LogP contribution is 2.35. The number of fused-ring (bicyclic) bond motifs is 1. The van der Waals surface area contributed by atoms with Crippen molar-refractivity contribution in [3.05, 3.63) is 89.3 Å². The summed E-state index contributed by atoms with van der Waals surface area (Å²) in [4.78, 5) is 9.11. The van der Waals surface area contributed by atoms with E-state index in [1.807, 2.05) is 64.9 Å². The molecule has 0 spiro atoms. The number of imidazole rings is 1. The molecule has 2 aromatic heterocycles. The molecule has 0 saturated carbocycles. The van der Waals surface area contributed by atoms with Gasteiger partial charge in [-0.2, -0.15) is 5.10 Å². The molecule has 1 aliphatic heterocycles. The second-order valence-corrected chi connectivity index (χ2v) is 8.64. The molecule has 7 heteroatoms. The number of aromatic nitrogens is 5. The highest BCUT2D eigenvalue weighted by atomic mass is 19.1. The van der Waals surface area contributed by atoms with Gasteiger partial charge in [-0.25, -0.2) is 19.0 Å². The number of nitrogens with zero attached hydrogens (tertiary/aromatic N) is 5. The van der Waals surface area contributed by atoms with Crippen molar-refractivity contribution in [3.63, 3.8) is 0 Å². The Balaban J connectivity index is 1.42. The highest BCUT2D eigenvalue weighted by molar-refractivity contribution is 5.69. The van der Waals surface area contributed by atoms with Gasteiger partial charge in [-0.3, -0.25) is 0 Å². The molecule has 1 aliphatic rings. The van der Waals surface area contributed by atoms with E-state index in [2.05, 4.69) is 11.9 Å². The summed E-state index contributed by atoms with van der Waals surface area (Å²) in [5.74, 6) is 2.72. The van der Waals surface area contributed by atoms with Gasteiger partial charge in [0.05, 0.1) is 24.8 Å². The molecule has 3 heterocycles. The molecule has 0 aliphatic carbocycles. The van der Waals surface area contributed by atoms with Crippen LogP contribution in [0.1, 0.15) is 47.7 Å². The molecule has 168 valence electrons. The lowest BCUT2D eigenvalue weighted by molar-refractivity contribution is 0.342. The Kier molecular flexibility index (Phi) is 5.54. The first-order chi connectivity index (χ1) is 16.0. The number of hydrogen-bond donors (Lipinski definition) is 0. The van der Waals surface area contributed by atoms with Gasteiger partial charge in [0.2, 0.25) is 0 Å². The molecular weight excluding hydrogens is 417 g/mol. The van der Waals surface area contributed by atoms with Crippen molar-refractivity contribution in [2.75, 3.05) is 7.11 Å². The fourth-order valence-corrected chi connectivity index (χ4v) is 4.43. The van der Waals surface area contributed by atoms with Crippen molar-refractivity contribution in [2.45, 2.75) is 32.7 Å². The van der Waals surface area contributed by atoms with Gasteiger partial charge in [-0.1, -0.05) is 31.2 Å². The zero-order valence-electron chi connectivity index (χ0n) is 18.9. The Labute approximate surface area is 192 Å². The molecule has 33 heavy (non-hydrogen) atoms. The zero-order valence-corrected chi connectivity index (χ0v) is 18.9. The summed E-state index contributed by atoms with van der Waals surface area (Å²) in [7, 11) is 1.66. The Hall–Kier alpha value is -3.74. The standard InChI is InChI=1S/C26H26FN5O/c1-17-12-22(20-6-8-21(27)9-7-20)26-29-25(30-32(26)14-17)11-5-19-4-10-23(24(13-19)33-3)31-15-18(2)28-16-31/h4-11,13,15-17,22H,12,14H2,1-3H3/b11-5+/t17-,22?/m0/s1. The van der Waals surface area contributed by atoms with Crippen molar-refractivity contribution in [1.82, 2.24) is 24.3 Å². The Morgan fingerprint density at radius 1 is 1.12 bits per heavy atom. The third-order valence-electron chi connectivity index (χ3n) is 6.04. The van der Waals surface area contributed by atoms with E-state index in [9.17, 15) is 4.39 Å². The van der Waals surface area contributed by atoms with Gasteiger partial charge >= 0.3 is 0 Å². The highest BCUT2D eigenvalue weighted by Gasteiger charge is 2.29. The SMILES string of the molecule is COc1cc(/C=C/c2nc3n(n2)C[C@@H](C)CC3c2ccc(F)cc2)ccc1-n1cnc(C)c1. The van der Waals surface area contributed by atoms with Crippen LogP contribution in [0.5, 0.6) is 5.75 Å². The molecule has 0 bridgehead atoms. The maximum absolute atomic E-state index is 13.4. The van der Waals surface area contributed by atoms with E-state index in [1.165, 1.54) is 12.1 Å². The molecule has 0 fully saturated rings. The van der Waals surface area contributed by atoms with Gasteiger partial charge < -0.3 is 9.30 Å². The van der Waals surface area contributed by atoms with Crippen molar-refractivity contribution in [3.8, 4) is 11.4 Å². The van der Waals surface area contributed by atoms with Crippen molar-refractivity contribution < 1.29 is 9.13 Å². The maximum Gasteiger partial charge on any atom is 0.174 e. The smallest absolute Gasteiger partial charge is 0.174 e. The van der Waals surface area contributed by atoms with Gasteiger partial charge in [-0.05, 0) is 60.7 Å². The first-order valence-electron chi connectivity index (χ1n) is 11.1. The summed E-state index contributed by atoms with van der Waals surface area (Å²) >= 11 is 0. The fourth-order valence-electron chi connectivity index (χ4n) is 4.43. The van der Waals surface area contributed by atoms with Crippen LogP contribution in [-0.2, 0) is 6.54 Å². The molecule has 6 nitrogen and oxygen atoms in total. The number of ether oxygens (including phenoxy) is 1. The summed E-state index contributed by atoms with van der Waals surface area (Å²) in [6.45, 7) is 5.01. The minimum atomic E-state index is -0.225. The molecule has 0 saturated heterocycles. The predicted octanol–water partition coefficient (Wildman–Crippen LogP) is 5.26. The molecule has 0 amide bonds. The minimum Gasteiger partial charge on any atom is -0.495 e. The fraction of sp³-hybridized carbons (Fsp3) is 0.269. The lowest BCUT2D eigenvalue weighted by Crippen LogP contribution is -2.24. The largest absolute Gasteiger partial charge is 0.495 e. The lowest BCUT2D eigenvalue weighted by atomic mass is 9.86. The predicted molar refractivity (Wildman–Crippen MR) is 126 cm³/mol. The number of aryl methyl sites for hydroxylation is 1. The molecule has 0 N–H and O–H groups in total. The van der Waals surface area contributed by atoms with Crippen LogP contribution in [0.2, 0.25) is 0 Å². The second kappa shape index (κ2) is 8.65. The summed E-state index contributed by atoms with van der Waals surface area (Å²) in [5, 5.41) is 4.72. The van der Waals surface area contributed by atoms with Crippen LogP contribution >= 0.6 is 0 Å². The monoisotopic (exact) mass is 443 g/mol. The Morgan fingerprint density at radius 3 is 2.67 bits per heavy atom. The van der Waals surface area contributed by atoms with E-state index in [1.54, 1.807) is 13.4 Å². The van der Waals surface area contributed by atoms with Gasteiger partial charge in [0.15, 0.2) is 5.82 Å². The Bertz CT molecular complexity index is 1300.